The lowest BCUT2D eigenvalue weighted by Gasteiger charge is -2.04. The highest BCUT2D eigenvalue weighted by Crippen LogP contribution is 2.32. The summed E-state index contributed by atoms with van der Waals surface area (Å²) in [7, 11) is -3.12. The molecular weight excluding hydrogens is 252 g/mol. The summed E-state index contributed by atoms with van der Waals surface area (Å²) in [6.45, 7) is 0. The summed E-state index contributed by atoms with van der Waals surface area (Å²) >= 11 is 0. The lowest BCUT2D eigenvalue weighted by atomic mass is 10.1. The molecule has 1 heterocycles. The fraction of sp³-hybridized carbons (Fsp3) is 0.538. The zero-order chi connectivity index (χ0) is 12.8. The minimum absolute atomic E-state index is 0.126. The van der Waals surface area contributed by atoms with Gasteiger partial charge in [0.25, 0.3) is 0 Å². The van der Waals surface area contributed by atoms with Crippen LogP contribution in [-0.2, 0) is 21.0 Å². The number of rotatable bonds is 5. The summed E-state index contributed by atoms with van der Waals surface area (Å²) in [5.41, 5.74) is 0.988. The highest BCUT2D eigenvalue weighted by atomic mass is 32.2. The van der Waals surface area contributed by atoms with Gasteiger partial charge in [-0.1, -0.05) is 12.1 Å². The molecule has 0 spiro atoms. The van der Waals surface area contributed by atoms with E-state index in [-0.39, 0.29) is 11.9 Å². The number of sulfone groups is 1. The number of hydrogen-bond acceptors (Lipinski definition) is 4. The fourth-order valence-electron chi connectivity index (χ4n) is 2.04. The molecule has 1 aliphatic heterocycles. The molecule has 1 aromatic rings. The van der Waals surface area contributed by atoms with Gasteiger partial charge in [0.05, 0.1) is 10.6 Å². The molecule has 1 N–H and O–H groups in total. The average molecular weight is 268 g/mol. The molecule has 1 saturated carbocycles. The van der Waals surface area contributed by atoms with E-state index in [0.717, 1.165) is 18.4 Å². The summed E-state index contributed by atoms with van der Waals surface area (Å²) in [5, 5.41) is 9.06. The van der Waals surface area contributed by atoms with Gasteiger partial charge < -0.3 is 9.84 Å². The Balaban J connectivity index is 1.69. The summed E-state index contributed by atoms with van der Waals surface area (Å²) in [6, 6.07) is 6.91. The third-order valence-corrected chi connectivity index (χ3v) is 5.33. The van der Waals surface area contributed by atoms with Crippen molar-refractivity contribution in [2.75, 3.05) is 5.75 Å². The smallest absolute Gasteiger partial charge is 0.182 e. The molecule has 2 unspecified atom stereocenters. The lowest BCUT2D eigenvalue weighted by Crippen LogP contribution is -2.08. The maximum absolute atomic E-state index is 12.0. The van der Waals surface area contributed by atoms with Gasteiger partial charge in [-0.2, -0.15) is 0 Å². The van der Waals surface area contributed by atoms with E-state index in [1.54, 1.807) is 24.3 Å². The summed E-state index contributed by atoms with van der Waals surface area (Å²) in [4.78, 5) is 0.399. The van der Waals surface area contributed by atoms with E-state index >= 15 is 0 Å². The van der Waals surface area contributed by atoms with Crippen LogP contribution in [0.1, 0.15) is 18.4 Å². The van der Waals surface area contributed by atoms with E-state index in [0.29, 0.717) is 17.2 Å². The number of epoxide rings is 1. The Labute approximate surface area is 107 Å². The van der Waals surface area contributed by atoms with Crippen LogP contribution in [0.4, 0.5) is 0 Å². The van der Waals surface area contributed by atoms with Gasteiger partial charge in [0, 0.05) is 6.42 Å². The van der Waals surface area contributed by atoms with E-state index in [9.17, 15) is 8.42 Å². The molecule has 2 atom stereocenters. The molecule has 98 valence electrons. The van der Waals surface area contributed by atoms with Crippen LogP contribution < -0.4 is 0 Å². The van der Waals surface area contributed by atoms with Crippen molar-refractivity contribution >= 4 is 9.84 Å². The van der Waals surface area contributed by atoms with Gasteiger partial charge in [0.2, 0.25) is 0 Å². The summed E-state index contributed by atoms with van der Waals surface area (Å²) in [5.74, 6) is 0.640. The number of benzene rings is 1. The number of aliphatic hydroxyl groups is 1. The van der Waals surface area contributed by atoms with Gasteiger partial charge in [-0.15, -0.1) is 0 Å². The van der Waals surface area contributed by atoms with Gasteiger partial charge in [-0.05, 0) is 36.5 Å². The Hall–Kier alpha value is -0.910. The largest absolute Gasteiger partial charge is 0.366 e. The third kappa shape index (κ3) is 2.74. The molecule has 1 aliphatic carbocycles. The second-order valence-corrected chi connectivity index (χ2v) is 7.17. The minimum Gasteiger partial charge on any atom is -0.366 e. The van der Waals surface area contributed by atoms with Gasteiger partial charge >= 0.3 is 0 Å². The topological polar surface area (TPSA) is 66.9 Å². The molecule has 4 nitrogen and oxygen atoms in total. The molecule has 2 aliphatic rings. The van der Waals surface area contributed by atoms with Crippen LogP contribution in [0.3, 0.4) is 0 Å². The Morgan fingerprint density at radius 3 is 2.33 bits per heavy atom. The van der Waals surface area contributed by atoms with Gasteiger partial charge in [-0.3, -0.25) is 0 Å². The van der Waals surface area contributed by atoms with Crippen LogP contribution in [0.25, 0.3) is 0 Å². The summed E-state index contributed by atoms with van der Waals surface area (Å²) < 4.78 is 28.9. The Morgan fingerprint density at radius 1 is 1.22 bits per heavy atom. The van der Waals surface area contributed by atoms with Gasteiger partial charge in [0.1, 0.15) is 6.10 Å². The molecule has 3 rings (SSSR count). The first-order valence-corrected chi connectivity index (χ1v) is 7.85. The molecule has 1 saturated heterocycles. The Morgan fingerprint density at radius 2 is 1.83 bits per heavy atom. The first-order chi connectivity index (χ1) is 8.54. The van der Waals surface area contributed by atoms with E-state index in [2.05, 4.69) is 0 Å². The van der Waals surface area contributed by atoms with Crippen molar-refractivity contribution in [1.29, 1.82) is 0 Å². The van der Waals surface area contributed by atoms with Crippen molar-refractivity contribution in [2.45, 2.75) is 36.6 Å². The van der Waals surface area contributed by atoms with Crippen molar-refractivity contribution in [3.05, 3.63) is 29.8 Å². The molecule has 2 fully saturated rings. The molecule has 1 aromatic carbocycles. The van der Waals surface area contributed by atoms with Crippen LogP contribution in [0.5, 0.6) is 0 Å². The van der Waals surface area contributed by atoms with Crippen molar-refractivity contribution in [3.63, 3.8) is 0 Å². The standard InChI is InChI=1S/C13H16O4S/c14-13-12(17-13)7-9-3-5-11(6-4-9)18(15,16)8-10-1-2-10/h3-6,10,12-14H,1-2,7-8H2. The number of ether oxygens (including phenoxy) is 1. The van der Waals surface area contributed by atoms with Crippen molar-refractivity contribution in [3.8, 4) is 0 Å². The molecule has 18 heavy (non-hydrogen) atoms. The number of hydrogen-bond donors (Lipinski definition) is 1. The molecule has 0 radical (unpaired) electrons. The maximum Gasteiger partial charge on any atom is 0.182 e. The van der Waals surface area contributed by atoms with E-state index in [1.807, 2.05) is 0 Å². The second kappa shape index (κ2) is 4.33. The second-order valence-electron chi connectivity index (χ2n) is 5.14. The molecule has 0 aromatic heterocycles. The van der Waals surface area contributed by atoms with Crippen LogP contribution in [0, 0.1) is 5.92 Å². The highest BCUT2D eigenvalue weighted by molar-refractivity contribution is 7.91. The third-order valence-electron chi connectivity index (χ3n) is 3.43. The predicted molar refractivity (Wildman–Crippen MR) is 65.8 cm³/mol. The van der Waals surface area contributed by atoms with Crippen molar-refractivity contribution in [2.24, 2.45) is 5.92 Å². The summed E-state index contributed by atoms with van der Waals surface area (Å²) in [6.07, 6.45) is 1.93. The quantitative estimate of drug-likeness (QED) is 0.813. The van der Waals surface area contributed by atoms with Crippen LogP contribution in [-0.4, -0.2) is 31.7 Å². The Bertz CT molecular complexity index is 531. The fourth-order valence-corrected chi connectivity index (χ4v) is 3.74. The number of aliphatic hydroxyl groups excluding tert-OH is 1. The zero-order valence-electron chi connectivity index (χ0n) is 9.95. The van der Waals surface area contributed by atoms with E-state index < -0.39 is 16.1 Å². The molecule has 0 bridgehead atoms. The first kappa shape index (κ1) is 12.1. The van der Waals surface area contributed by atoms with Crippen LogP contribution >= 0.6 is 0 Å². The van der Waals surface area contributed by atoms with Gasteiger partial charge in [0.15, 0.2) is 16.1 Å². The van der Waals surface area contributed by atoms with E-state index in [1.165, 1.54) is 0 Å². The highest BCUT2D eigenvalue weighted by Gasteiger charge is 2.36. The van der Waals surface area contributed by atoms with Gasteiger partial charge in [-0.25, -0.2) is 8.42 Å². The molecular formula is C13H16O4S. The first-order valence-electron chi connectivity index (χ1n) is 6.20. The SMILES string of the molecule is O=S(=O)(CC1CC1)c1ccc(CC2OC2O)cc1. The molecule has 0 amide bonds. The maximum atomic E-state index is 12.0. The lowest BCUT2D eigenvalue weighted by molar-refractivity contribution is 0.156. The van der Waals surface area contributed by atoms with Crippen molar-refractivity contribution in [1.82, 2.24) is 0 Å². The zero-order valence-corrected chi connectivity index (χ0v) is 10.8. The van der Waals surface area contributed by atoms with Crippen LogP contribution in [0.2, 0.25) is 0 Å². The monoisotopic (exact) mass is 268 g/mol. The van der Waals surface area contributed by atoms with Crippen LogP contribution in [0.15, 0.2) is 29.2 Å². The predicted octanol–water partition coefficient (Wildman–Crippen LogP) is 1.13. The average Bonchev–Trinajstić information content (AvgIpc) is 3.21. The minimum atomic E-state index is -3.12. The van der Waals surface area contributed by atoms with E-state index in [4.69, 9.17) is 9.84 Å². The Kier molecular flexibility index (Phi) is 2.92. The molecule has 5 heteroatoms. The normalized spacial score (nSPS) is 27.2. The van der Waals surface area contributed by atoms with Crippen molar-refractivity contribution < 1.29 is 18.3 Å².